The molecule has 0 radical (unpaired) electrons. The molecule has 1 nitrogen and oxygen atoms in total. The number of benzene rings is 2. The standard InChI is InChI=1S/C14H11ClF3N/c15-12-8-11(14(16,17)18)6-5-9(12)7-10-3-1-2-4-13(10)19/h1-6,8H,7,19H2. The first kappa shape index (κ1) is 13.7. The molecule has 0 heterocycles. The maximum absolute atomic E-state index is 12.5. The second-order valence-corrected chi connectivity index (χ2v) is 4.59. The molecule has 2 N–H and O–H groups in total. The highest BCUT2D eigenvalue weighted by molar-refractivity contribution is 6.31. The van der Waals surface area contributed by atoms with Gasteiger partial charge in [0.15, 0.2) is 0 Å². The van der Waals surface area contributed by atoms with Crippen LogP contribution in [0.1, 0.15) is 16.7 Å². The molecule has 5 heteroatoms. The van der Waals surface area contributed by atoms with E-state index in [1.54, 1.807) is 12.1 Å². The molecule has 0 bridgehead atoms. The summed E-state index contributed by atoms with van der Waals surface area (Å²) in [6.45, 7) is 0. The van der Waals surface area contributed by atoms with Gasteiger partial charge in [0.05, 0.1) is 5.56 Å². The maximum atomic E-state index is 12.5. The van der Waals surface area contributed by atoms with Gasteiger partial charge in [0.1, 0.15) is 0 Å². The van der Waals surface area contributed by atoms with Crippen LogP contribution in [0.5, 0.6) is 0 Å². The molecule has 2 rings (SSSR count). The van der Waals surface area contributed by atoms with Crippen molar-refractivity contribution in [2.75, 3.05) is 5.73 Å². The molecule has 0 fully saturated rings. The first-order valence-electron chi connectivity index (χ1n) is 5.57. The van der Waals surface area contributed by atoms with Crippen molar-refractivity contribution in [3.05, 3.63) is 64.2 Å². The Bertz CT molecular complexity index is 593. The van der Waals surface area contributed by atoms with Crippen LogP contribution in [0.4, 0.5) is 18.9 Å². The zero-order valence-corrected chi connectivity index (χ0v) is 10.6. The van der Waals surface area contributed by atoms with Crippen LogP contribution in [0.15, 0.2) is 42.5 Å². The highest BCUT2D eigenvalue weighted by atomic mass is 35.5. The Morgan fingerprint density at radius 2 is 1.68 bits per heavy atom. The molecular formula is C14H11ClF3N. The number of alkyl halides is 3. The number of hydrogen-bond donors (Lipinski definition) is 1. The van der Waals surface area contributed by atoms with E-state index in [1.165, 1.54) is 6.07 Å². The summed E-state index contributed by atoms with van der Waals surface area (Å²) in [5.74, 6) is 0. The Hall–Kier alpha value is -1.68. The van der Waals surface area contributed by atoms with Crippen LogP contribution in [0, 0.1) is 0 Å². The Kier molecular flexibility index (Phi) is 3.71. The first-order valence-corrected chi connectivity index (χ1v) is 5.95. The third-order valence-corrected chi connectivity index (χ3v) is 3.17. The minimum absolute atomic E-state index is 0.0954. The van der Waals surface area contributed by atoms with Crippen molar-refractivity contribution in [3.63, 3.8) is 0 Å². The third kappa shape index (κ3) is 3.20. The number of nitrogen functional groups attached to an aromatic ring is 1. The average Bonchev–Trinajstić information content (AvgIpc) is 2.33. The SMILES string of the molecule is Nc1ccccc1Cc1ccc(C(F)(F)F)cc1Cl. The fourth-order valence-corrected chi connectivity index (χ4v) is 2.01. The van der Waals surface area contributed by atoms with Gasteiger partial charge in [-0.15, -0.1) is 0 Å². The summed E-state index contributed by atoms with van der Waals surface area (Å²) in [6, 6.07) is 10.5. The zero-order valence-electron chi connectivity index (χ0n) is 9.84. The van der Waals surface area contributed by atoms with Gasteiger partial charge < -0.3 is 5.73 Å². The van der Waals surface area contributed by atoms with E-state index in [-0.39, 0.29) is 5.02 Å². The van der Waals surface area contributed by atoms with Crippen LogP contribution in [-0.2, 0) is 12.6 Å². The lowest BCUT2D eigenvalue weighted by molar-refractivity contribution is -0.137. The van der Waals surface area contributed by atoms with Gasteiger partial charge in [0.25, 0.3) is 0 Å². The van der Waals surface area contributed by atoms with E-state index in [2.05, 4.69) is 0 Å². The van der Waals surface area contributed by atoms with Gasteiger partial charge in [-0.3, -0.25) is 0 Å². The van der Waals surface area contributed by atoms with Gasteiger partial charge in [-0.2, -0.15) is 13.2 Å². The summed E-state index contributed by atoms with van der Waals surface area (Å²) in [5.41, 5.74) is 7.10. The predicted octanol–water partition coefficient (Wildman–Crippen LogP) is 4.53. The van der Waals surface area contributed by atoms with Crippen LogP contribution in [0.3, 0.4) is 0 Å². The van der Waals surface area contributed by atoms with Crippen LogP contribution in [0.25, 0.3) is 0 Å². The van der Waals surface area contributed by atoms with Crippen molar-refractivity contribution in [1.29, 1.82) is 0 Å². The Morgan fingerprint density at radius 3 is 2.26 bits per heavy atom. The van der Waals surface area contributed by atoms with E-state index in [1.807, 2.05) is 12.1 Å². The van der Waals surface area contributed by atoms with Crippen LogP contribution >= 0.6 is 11.6 Å². The van der Waals surface area contributed by atoms with Crippen molar-refractivity contribution in [2.45, 2.75) is 12.6 Å². The Labute approximate surface area is 113 Å². The summed E-state index contributed by atoms with van der Waals surface area (Å²) in [7, 11) is 0. The highest BCUT2D eigenvalue weighted by Gasteiger charge is 2.30. The molecule has 0 aliphatic heterocycles. The predicted molar refractivity (Wildman–Crippen MR) is 70.1 cm³/mol. The van der Waals surface area contributed by atoms with Gasteiger partial charge in [-0.25, -0.2) is 0 Å². The molecule has 19 heavy (non-hydrogen) atoms. The number of halogens is 4. The van der Waals surface area contributed by atoms with Gasteiger partial charge in [0, 0.05) is 17.1 Å². The lowest BCUT2D eigenvalue weighted by Gasteiger charge is -2.11. The lowest BCUT2D eigenvalue weighted by Crippen LogP contribution is -2.05. The smallest absolute Gasteiger partial charge is 0.398 e. The third-order valence-electron chi connectivity index (χ3n) is 2.82. The minimum atomic E-state index is -4.38. The Morgan fingerprint density at radius 1 is 1.00 bits per heavy atom. The molecule has 0 amide bonds. The topological polar surface area (TPSA) is 26.0 Å². The fraction of sp³-hybridized carbons (Fsp3) is 0.143. The molecule has 0 spiro atoms. The van der Waals surface area contributed by atoms with Crippen molar-refractivity contribution >= 4 is 17.3 Å². The van der Waals surface area contributed by atoms with Crippen molar-refractivity contribution in [3.8, 4) is 0 Å². The lowest BCUT2D eigenvalue weighted by atomic mass is 10.0. The summed E-state index contributed by atoms with van der Waals surface area (Å²) >= 11 is 5.90. The molecule has 0 saturated carbocycles. The van der Waals surface area contributed by atoms with Crippen molar-refractivity contribution < 1.29 is 13.2 Å². The number of anilines is 1. The van der Waals surface area contributed by atoms with E-state index in [4.69, 9.17) is 17.3 Å². The molecule has 0 aliphatic rings. The van der Waals surface area contributed by atoms with Crippen molar-refractivity contribution in [2.24, 2.45) is 0 Å². The van der Waals surface area contributed by atoms with E-state index < -0.39 is 11.7 Å². The monoisotopic (exact) mass is 285 g/mol. The molecule has 0 saturated heterocycles. The average molecular weight is 286 g/mol. The molecule has 0 atom stereocenters. The minimum Gasteiger partial charge on any atom is -0.398 e. The molecule has 0 aliphatic carbocycles. The largest absolute Gasteiger partial charge is 0.416 e. The van der Waals surface area contributed by atoms with E-state index in [0.29, 0.717) is 17.7 Å². The van der Waals surface area contributed by atoms with Gasteiger partial charge in [-0.1, -0.05) is 35.9 Å². The second-order valence-electron chi connectivity index (χ2n) is 4.18. The maximum Gasteiger partial charge on any atom is 0.416 e. The van der Waals surface area contributed by atoms with E-state index >= 15 is 0 Å². The number of nitrogens with two attached hydrogens (primary N) is 1. The van der Waals surface area contributed by atoms with Gasteiger partial charge in [-0.05, 0) is 29.3 Å². The Balaban J connectivity index is 2.30. The van der Waals surface area contributed by atoms with Crippen molar-refractivity contribution in [1.82, 2.24) is 0 Å². The zero-order chi connectivity index (χ0) is 14.0. The number of para-hydroxylation sites is 1. The number of hydrogen-bond acceptors (Lipinski definition) is 1. The molecule has 100 valence electrons. The summed E-state index contributed by atoms with van der Waals surface area (Å²) in [4.78, 5) is 0. The molecule has 2 aromatic rings. The van der Waals surface area contributed by atoms with Crippen LogP contribution < -0.4 is 5.73 Å². The second kappa shape index (κ2) is 5.13. The van der Waals surface area contributed by atoms with E-state index in [0.717, 1.165) is 17.7 Å². The number of rotatable bonds is 2. The molecule has 2 aromatic carbocycles. The fourth-order valence-electron chi connectivity index (χ4n) is 1.77. The van der Waals surface area contributed by atoms with Gasteiger partial charge >= 0.3 is 6.18 Å². The highest BCUT2D eigenvalue weighted by Crippen LogP contribution is 2.33. The normalized spacial score (nSPS) is 11.6. The molecular weight excluding hydrogens is 275 g/mol. The molecule has 0 unspecified atom stereocenters. The summed E-state index contributed by atoms with van der Waals surface area (Å²) in [5, 5.41) is 0.0954. The summed E-state index contributed by atoms with van der Waals surface area (Å²) < 4.78 is 37.5. The van der Waals surface area contributed by atoms with Crippen LogP contribution in [-0.4, -0.2) is 0 Å². The van der Waals surface area contributed by atoms with E-state index in [9.17, 15) is 13.2 Å². The quantitative estimate of drug-likeness (QED) is 0.806. The van der Waals surface area contributed by atoms with Gasteiger partial charge in [0.2, 0.25) is 0 Å². The molecule has 0 aromatic heterocycles. The first-order chi connectivity index (χ1) is 8.88. The van der Waals surface area contributed by atoms with Crippen LogP contribution in [0.2, 0.25) is 5.02 Å². The summed E-state index contributed by atoms with van der Waals surface area (Å²) in [6.07, 6.45) is -3.97.